The molecule has 0 saturated heterocycles. The summed E-state index contributed by atoms with van der Waals surface area (Å²) in [5, 5.41) is 12.7. The Morgan fingerprint density at radius 1 is 1.36 bits per heavy atom. The largest absolute Gasteiger partial charge is 0.392 e. The molecule has 0 bridgehead atoms. The number of carbonyl (C=O) groups is 2. The van der Waals surface area contributed by atoms with E-state index in [4.69, 9.17) is 0 Å². The summed E-state index contributed by atoms with van der Waals surface area (Å²) in [5.41, 5.74) is 3.00. The van der Waals surface area contributed by atoms with Crippen molar-refractivity contribution in [3.63, 3.8) is 0 Å². The van der Waals surface area contributed by atoms with Crippen LogP contribution in [0.25, 0.3) is 0 Å². The minimum absolute atomic E-state index is 0.0169. The highest BCUT2D eigenvalue weighted by Gasteiger charge is 2.24. The number of rotatable bonds is 4. The summed E-state index contributed by atoms with van der Waals surface area (Å²) >= 11 is 0. The number of anilines is 1. The number of benzene rings is 1. The lowest BCUT2D eigenvalue weighted by molar-refractivity contribution is -0.134. The molecule has 1 heterocycles. The van der Waals surface area contributed by atoms with E-state index in [-0.39, 0.29) is 24.2 Å². The van der Waals surface area contributed by atoms with Gasteiger partial charge in [-0.15, -0.1) is 0 Å². The highest BCUT2D eigenvalue weighted by molar-refractivity contribution is 5.90. The van der Waals surface area contributed by atoms with Gasteiger partial charge >= 0.3 is 0 Å². The molecule has 5 nitrogen and oxygen atoms in total. The van der Waals surface area contributed by atoms with Gasteiger partial charge < -0.3 is 15.3 Å². The molecule has 0 aliphatic carbocycles. The van der Waals surface area contributed by atoms with Gasteiger partial charge in [0.25, 0.3) is 0 Å². The predicted octanol–water partition coefficient (Wildman–Crippen LogP) is 1.94. The quantitative estimate of drug-likeness (QED) is 0.893. The van der Waals surface area contributed by atoms with E-state index in [2.05, 4.69) is 5.32 Å². The molecule has 0 fully saturated rings. The number of nitrogens with one attached hydrogen (secondary N) is 1. The van der Waals surface area contributed by atoms with E-state index in [1.54, 1.807) is 4.90 Å². The Morgan fingerprint density at radius 2 is 2.09 bits per heavy atom. The third kappa shape index (κ3) is 3.85. The van der Waals surface area contributed by atoms with E-state index in [0.717, 1.165) is 23.2 Å². The van der Waals surface area contributed by atoms with Gasteiger partial charge in [-0.25, -0.2) is 0 Å². The van der Waals surface area contributed by atoms with Crippen molar-refractivity contribution in [1.29, 1.82) is 0 Å². The van der Waals surface area contributed by atoms with Crippen molar-refractivity contribution in [3.05, 3.63) is 29.3 Å². The molecule has 0 aromatic heterocycles. The lowest BCUT2D eigenvalue weighted by atomic mass is 9.96. The molecule has 2 rings (SSSR count). The fourth-order valence-corrected chi connectivity index (χ4v) is 2.67. The molecule has 0 saturated carbocycles. The van der Waals surface area contributed by atoms with Gasteiger partial charge in [-0.2, -0.15) is 0 Å². The Morgan fingerprint density at radius 3 is 2.73 bits per heavy atom. The first-order valence-electron chi connectivity index (χ1n) is 7.72. The topological polar surface area (TPSA) is 69.6 Å². The van der Waals surface area contributed by atoms with E-state index < -0.39 is 6.10 Å². The van der Waals surface area contributed by atoms with Gasteiger partial charge in [0.05, 0.1) is 12.5 Å². The molecule has 0 spiro atoms. The highest BCUT2D eigenvalue weighted by Crippen LogP contribution is 2.26. The van der Waals surface area contributed by atoms with Crippen LogP contribution in [0.1, 0.15) is 38.3 Å². The summed E-state index contributed by atoms with van der Waals surface area (Å²) in [6, 6.07) is 5.76. The third-order valence-electron chi connectivity index (χ3n) is 4.08. The number of fused-ring (bicyclic) bond motifs is 1. The third-order valence-corrected chi connectivity index (χ3v) is 4.08. The Balaban J connectivity index is 2.09. The van der Waals surface area contributed by atoms with Crippen LogP contribution in [0, 0.1) is 5.92 Å². The molecule has 1 aromatic rings. The summed E-state index contributed by atoms with van der Waals surface area (Å²) in [7, 11) is 0. The number of hydrogen-bond donors (Lipinski definition) is 2. The second kappa shape index (κ2) is 6.92. The van der Waals surface area contributed by atoms with Gasteiger partial charge in [0.15, 0.2) is 0 Å². The summed E-state index contributed by atoms with van der Waals surface area (Å²) in [5.74, 6) is -0.0314. The van der Waals surface area contributed by atoms with Crippen LogP contribution >= 0.6 is 0 Å². The second-order valence-electron chi connectivity index (χ2n) is 6.21. The first kappa shape index (κ1) is 16.5. The average Bonchev–Trinajstić information content (AvgIpc) is 2.46. The zero-order chi connectivity index (χ0) is 16.3. The predicted molar refractivity (Wildman–Crippen MR) is 85.3 cm³/mol. The Labute approximate surface area is 131 Å². The summed E-state index contributed by atoms with van der Waals surface area (Å²) in [6.07, 6.45) is 0.285. The number of hydrogen-bond acceptors (Lipinski definition) is 3. The maximum absolute atomic E-state index is 12.3. The van der Waals surface area contributed by atoms with E-state index in [0.29, 0.717) is 13.1 Å². The van der Waals surface area contributed by atoms with Gasteiger partial charge in [-0.05, 0) is 29.5 Å². The van der Waals surface area contributed by atoms with E-state index in [1.165, 1.54) is 6.92 Å². The zero-order valence-corrected chi connectivity index (χ0v) is 13.4. The molecule has 1 aliphatic rings. The first-order valence-corrected chi connectivity index (χ1v) is 7.72. The van der Waals surface area contributed by atoms with Crippen LogP contribution in [0.2, 0.25) is 0 Å². The highest BCUT2D eigenvalue weighted by atomic mass is 16.3. The molecule has 0 radical (unpaired) electrons. The Hall–Kier alpha value is -1.88. The minimum atomic E-state index is -0.598. The first-order chi connectivity index (χ1) is 10.4. The van der Waals surface area contributed by atoms with Gasteiger partial charge in [0.2, 0.25) is 11.8 Å². The van der Waals surface area contributed by atoms with Crippen molar-refractivity contribution in [2.45, 2.75) is 46.3 Å². The molecule has 5 heteroatoms. The fraction of sp³-hybridized carbons (Fsp3) is 0.529. The number of nitrogens with zero attached hydrogens (tertiary/aromatic N) is 1. The average molecular weight is 304 g/mol. The molecule has 22 heavy (non-hydrogen) atoms. The molecule has 2 amide bonds. The van der Waals surface area contributed by atoms with Crippen molar-refractivity contribution >= 4 is 17.5 Å². The van der Waals surface area contributed by atoms with E-state index in [1.807, 2.05) is 32.0 Å². The summed E-state index contributed by atoms with van der Waals surface area (Å²) < 4.78 is 0. The maximum Gasteiger partial charge on any atom is 0.225 e. The molecule has 2 N–H and O–H groups in total. The fourth-order valence-electron chi connectivity index (χ4n) is 2.67. The van der Waals surface area contributed by atoms with Crippen LogP contribution in [0.5, 0.6) is 0 Å². The number of amides is 2. The monoisotopic (exact) mass is 304 g/mol. The molecular formula is C17H24N2O3. The van der Waals surface area contributed by atoms with Crippen molar-refractivity contribution in [2.75, 3.05) is 11.9 Å². The standard InChI is InChI=1S/C17H24N2O3/c1-11(2)16(21)9-17(22)19-8-7-14-13(10-19)5-4-6-15(14)18-12(3)20/h4-6,11,16,21H,7-10H2,1-3H3,(H,18,20). The smallest absolute Gasteiger partial charge is 0.225 e. The SMILES string of the molecule is CC(=O)Nc1cccc2c1CCN(C(=O)CC(O)C(C)C)C2. The van der Waals surface area contributed by atoms with Crippen molar-refractivity contribution in [1.82, 2.24) is 4.90 Å². The van der Waals surface area contributed by atoms with Gasteiger partial charge in [0.1, 0.15) is 0 Å². The summed E-state index contributed by atoms with van der Waals surface area (Å²) in [6.45, 7) is 6.46. The second-order valence-corrected chi connectivity index (χ2v) is 6.21. The van der Waals surface area contributed by atoms with Gasteiger partial charge in [0, 0.05) is 25.7 Å². The Bertz CT molecular complexity index is 569. The van der Waals surface area contributed by atoms with Gasteiger partial charge in [-0.3, -0.25) is 9.59 Å². The number of carbonyl (C=O) groups excluding carboxylic acids is 2. The molecule has 1 aliphatic heterocycles. The molecule has 120 valence electrons. The van der Waals surface area contributed by atoms with E-state index in [9.17, 15) is 14.7 Å². The minimum Gasteiger partial charge on any atom is -0.392 e. The van der Waals surface area contributed by atoms with E-state index >= 15 is 0 Å². The van der Waals surface area contributed by atoms with Crippen LogP contribution in [0.4, 0.5) is 5.69 Å². The Kier molecular flexibility index (Phi) is 5.19. The van der Waals surface area contributed by atoms with Crippen molar-refractivity contribution in [3.8, 4) is 0 Å². The van der Waals surface area contributed by atoms with Crippen molar-refractivity contribution in [2.24, 2.45) is 5.92 Å². The zero-order valence-electron chi connectivity index (χ0n) is 13.4. The van der Waals surface area contributed by atoms with Crippen LogP contribution in [0.3, 0.4) is 0 Å². The van der Waals surface area contributed by atoms with Crippen molar-refractivity contribution < 1.29 is 14.7 Å². The van der Waals surface area contributed by atoms with Crippen LogP contribution < -0.4 is 5.32 Å². The normalized spacial score (nSPS) is 15.4. The summed E-state index contributed by atoms with van der Waals surface area (Å²) in [4.78, 5) is 25.3. The molecule has 1 unspecified atom stereocenters. The van der Waals surface area contributed by atoms with Gasteiger partial charge in [-0.1, -0.05) is 26.0 Å². The molecular weight excluding hydrogens is 280 g/mol. The van der Waals surface area contributed by atoms with Crippen LogP contribution in [-0.4, -0.2) is 34.5 Å². The molecule has 1 atom stereocenters. The lowest BCUT2D eigenvalue weighted by Crippen LogP contribution is -2.38. The number of aliphatic hydroxyl groups is 1. The number of aliphatic hydroxyl groups excluding tert-OH is 1. The molecule has 1 aromatic carbocycles. The van der Waals surface area contributed by atoms with Crippen LogP contribution in [0.15, 0.2) is 18.2 Å². The lowest BCUT2D eigenvalue weighted by Gasteiger charge is -2.31. The van der Waals surface area contributed by atoms with Crippen LogP contribution in [-0.2, 0) is 22.6 Å². The maximum atomic E-state index is 12.3.